The molecule has 248 valence electrons. The number of carbonyl (C=O) groups excluding carboxylic acids is 2. The van der Waals surface area contributed by atoms with Crippen molar-refractivity contribution in [1.82, 2.24) is 10.2 Å². The number of aryl methyl sites for hydroxylation is 1. The van der Waals surface area contributed by atoms with Crippen LogP contribution in [-0.2, 0) is 32.6 Å². The molecular weight excluding hydrogens is 634 g/mol. The van der Waals surface area contributed by atoms with Gasteiger partial charge in [0, 0.05) is 24.0 Å². The van der Waals surface area contributed by atoms with Crippen LogP contribution in [0.5, 0.6) is 5.75 Å². The molecule has 4 rings (SSSR count). The Morgan fingerprint density at radius 3 is 2.17 bits per heavy atom. The van der Waals surface area contributed by atoms with Gasteiger partial charge in [-0.3, -0.25) is 13.9 Å². The van der Waals surface area contributed by atoms with Gasteiger partial charge in [-0.2, -0.15) is 0 Å². The van der Waals surface area contributed by atoms with Crippen LogP contribution in [-0.4, -0.2) is 50.4 Å². The van der Waals surface area contributed by atoms with Gasteiger partial charge in [-0.15, -0.1) is 0 Å². The molecule has 0 aliphatic rings. The van der Waals surface area contributed by atoms with Crippen molar-refractivity contribution >= 4 is 39.1 Å². The van der Waals surface area contributed by atoms with Crippen LogP contribution in [0.1, 0.15) is 43.9 Å². The summed E-state index contributed by atoms with van der Waals surface area (Å²) in [5.74, 6) is -0.607. The molecule has 8 nitrogen and oxygen atoms in total. The van der Waals surface area contributed by atoms with Crippen LogP contribution in [0.3, 0.4) is 0 Å². The zero-order chi connectivity index (χ0) is 34.0. The number of amides is 2. The summed E-state index contributed by atoms with van der Waals surface area (Å²) in [6.07, 6.45) is 0.901. The molecule has 4 aromatic carbocycles. The highest BCUT2D eigenvalue weighted by atomic mass is 35.5. The molecule has 0 aliphatic carbocycles. The molecule has 0 heterocycles. The first-order chi connectivity index (χ1) is 22.5. The van der Waals surface area contributed by atoms with E-state index in [-0.39, 0.29) is 42.1 Å². The molecule has 0 saturated carbocycles. The third kappa shape index (κ3) is 9.14. The van der Waals surface area contributed by atoms with E-state index in [1.165, 1.54) is 17.0 Å². The first-order valence-electron chi connectivity index (χ1n) is 15.7. The lowest BCUT2D eigenvalue weighted by Gasteiger charge is -2.34. The third-order valence-corrected chi connectivity index (χ3v) is 10.0. The number of nitrogens with one attached hydrogen (secondary N) is 1. The molecule has 0 spiro atoms. The number of rotatable bonds is 15. The molecule has 1 N–H and O–H groups in total. The van der Waals surface area contributed by atoms with E-state index in [9.17, 15) is 18.0 Å². The molecule has 10 heteroatoms. The van der Waals surface area contributed by atoms with Gasteiger partial charge in [0.2, 0.25) is 11.8 Å². The van der Waals surface area contributed by atoms with E-state index in [4.69, 9.17) is 16.3 Å². The summed E-state index contributed by atoms with van der Waals surface area (Å²) in [5.41, 5.74) is 2.58. The summed E-state index contributed by atoms with van der Waals surface area (Å²) >= 11 is 6.59. The molecule has 0 fully saturated rings. The molecule has 2 amide bonds. The number of nitrogens with zero attached hydrogens (tertiary/aromatic N) is 2. The molecule has 0 aliphatic heterocycles. The number of anilines is 1. The first kappa shape index (κ1) is 35.5. The van der Waals surface area contributed by atoms with Gasteiger partial charge in [-0.05, 0) is 68.7 Å². The second-order valence-corrected chi connectivity index (χ2v) is 13.6. The molecular formula is C37H42ClN3O5S. The summed E-state index contributed by atoms with van der Waals surface area (Å²) in [4.78, 5) is 30.1. The van der Waals surface area contributed by atoms with Crippen molar-refractivity contribution in [3.63, 3.8) is 0 Å². The third-order valence-electron chi connectivity index (χ3n) is 7.89. The normalized spacial score (nSPS) is 12.5. The minimum absolute atomic E-state index is 0.0184. The highest BCUT2D eigenvalue weighted by Gasteiger charge is 2.36. The highest BCUT2D eigenvalue weighted by molar-refractivity contribution is 7.92. The predicted molar refractivity (Wildman–Crippen MR) is 187 cm³/mol. The molecule has 0 unspecified atom stereocenters. The van der Waals surface area contributed by atoms with E-state index in [1.54, 1.807) is 61.5 Å². The second kappa shape index (κ2) is 16.5. The van der Waals surface area contributed by atoms with E-state index < -0.39 is 28.5 Å². The molecule has 47 heavy (non-hydrogen) atoms. The molecule has 0 aromatic heterocycles. The van der Waals surface area contributed by atoms with Crippen LogP contribution in [0.4, 0.5) is 5.69 Å². The summed E-state index contributed by atoms with van der Waals surface area (Å²) in [6, 6.07) is 28.6. The van der Waals surface area contributed by atoms with Crippen LogP contribution in [0, 0.1) is 6.92 Å². The fraction of sp³-hybridized carbons (Fsp3) is 0.297. The van der Waals surface area contributed by atoms with Crippen LogP contribution < -0.4 is 14.4 Å². The summed E-state index contributed by atoms with van der Waals surface area (Å²) in [7, 11) is -4.27. The van der Waals surface area contributed by atoms with Gasteiger partial charge < -0.3 is 15.0 Å². The summed E-state index contributed by atoms with van der Waals surface area (Å²) in [5, 5.41) is 3.47. The SMILES string of the molecule is CCOc1ccccc1N(CC(=O)N(Cc1ccccc1Cl)[C@@H](Cc1ccccc1)C(=O)N[C@H](C)CC)S(=O)(=O)c1ccc(C)cc1. The Bertz CT molecular complexity index is 1750. The van der Waals surface area contributed by atoms with Gasteiger partial charge in [-0.25, -0.2) is 8.42 Å². The Hall–Kier alpha value is -4.34. The Morgan fingerprint density at radius 2 is 1.51 bits per heavy atom. The summed E-state index contributed by atoms with van der Waals surface area (Å²) < 4.78 is 35.6. The maximum absolute atomic E-state index is 14.7. The van der Waals surface area contributed by atoms with Crippen LogP contribution in [0.2, 0.25) is 5.02 Å². The lowest BCUT2D eigenvalue weighted by molar-refractivity contribution is -0.140. The van der Waals surface area contributed by atoms with E-state index in [1.807, 2.05) is 57.2 Å². The van der Waals surface area contributed by atoms with Gasteiger partial charge in [0.05, 0.1) is 17.2 Å². The largest absolute Gasteiger partial charge is 0.492 e. The van der Waals surface area contributed by atoms with Gasteiger partial charge in [0.15, 0.2) is 0 Å². The van der Waals surface area contributed by atoms with Crippen molar-refractivity contribution in [2.45, 2.75) is 64.1 Å². The average Bonchev–Trinajstić information content (AvgIpc) is 3.07. The monoisotopic (exact) mass is 675 g/mol. The average molecular weight is 676 g/mol. The van der Waals surface area contributed by atoms with E-state index in [2.05, 4.69) is 5.32 Å². The Kier molecular flexibility index (Phi) is 12.4. The maximum Gasteiger partial charge on any atom is 0.264 e. The topological polar surface area (TPSA) is 96.0 Å². The van der Waals surface area contributed by atoms with Crippen molar-refractivity contribution in [2.24, 2.45) is 0 Å². The molecule has 0 bridgehead atoms. The van der Waals surface area contributed by atoms with Crippen molar-refractivity contribution in [3.8, 4) is 5.75 Å². The minimum Gasteiger partial charge on any atom is -0.492 e. The fourth-order valence-corrected chi connectivity index (χ4v) is 6.72. The lowest BCUT2D eigenvalue weighted by Crippen LogP contribution is -2.54. The minimum atomic E-state index is -4.27. The molecule has 0 saturated heterocycles. The number of sulfonamides is 1. The zero-order valence-electron chi connectivity index (χ0n) is 27.2. The van der Waals surface area contributed by atoms with Gasteiger partial charge in [-0.1, -0.05) is 96.9 Å². The standard InChI is InChI=1S/C37H42ClN3O5S/c1-5-28(4)39-37(43)34(24-29-14-8-7-9-15-29)40(25-30-16-10-11-17-32(30)38)36(42)26-41(33-18-12-13-19-35(33)46-6-2)47(44,45)31-22-20-27(3)21-23-31/h7-23,28,34H,5-6,24-26H2,1-4H3,(H,39,43)/t28-,34+/m1/s1. The quantitative estimate of drug-likeness (QED) is 0.150. The number of carbonyl (C=O) groups is 2. The van der Waals surface area contributed by atoms with Gasteiger partial charge in [0.25, 0.3) is 10.0 Å². The maximum atomic E-state index is 14.7. The zero-order valence-corrected chi connectivity index (χ0v) is 28.8. The number of hydrogen-bond donors (Lipinski definition) is 1. The second-order valence-electron chi connectivity index (χ2n) is 11.4. The Balaban J connectivity index is 1.85. The highest BCUT2D eigenvalue weighted by Crippen LogP contribution is 2.33. The smallest absolute Gasteiger partial charge is 0.264 e. The van der Waals surface area contributed by atoms with E-state index in [0.29, 0.717) is 22.8 Å². The van der Waals surface area contributed by atoms with Gasteiger partial charge in [0.1, 0.15) is 18.3 Å². The van der Waals surface area contributed by atoms with Crippen LogP contribution in [0.25, 0.3) is 0 Å². The van der Waals surface area contributed by atoms with E-state index >= 15 is 0 Å². The van der Waals surface area contributed by atoms with Crippen LogP contribution in [0.15, 0.2) is 108 Å². The number of halogens is 1. The number of para-hydroxylation sites is 2. The molecule has 4 aromatic rings. The Labute approximate surface area is 283 Å². The molecule has 2 atom stereocenters. The molecule has 0 radical (unpaired) electrons. The number of hydrogen-bond acceptors (Lipinski definition) is 5. The van der Waals surface area contributed by atoms with Gasteiger partial charge >= 0.3 is 0 Å². The Morgan fingerprint density at radius 1 is 0.872 bits per heavy atom. The van der Waals surface area contributed by atoms with E-state index in [0.717, 1.165) is 15.4 Å². The summed E-state index contributed by atoms with van der Waals surface area (Å²) in [6.45, 7) is 7.22. The van der Waals surface area contributed by atoms with Crippen molar-refractivity contribution < 1.29 is 22.7 Å². The number of ether oxygens (including phenoxy) is 1. The fourth-order valence-electron chi connectivity index (χ4n) is 5.10. The van der Waals surface area contributed by atoms with Crippen molar-refractivity contribution in [1.29, 1.82) is 0 Å². The number of benzene rings is 4. The van der Waals surface area contributed by atoms with Crippen LogP contribution >= 0.6 is 11.6 Å². The first-order valence-corrected chi connectivity index (χ1v) is 17.5. The van der Waals surface area contributed by atoms with Crippen molar-refractivity contribution in [2.75, 3.05) is 17.5 Å². The lowest BCUT2D eigenvalue weighted by atomic mass is 10.0. The van der Waals surface area contributed by atoms with Crippen molar-refractivity contribution in [3.05, 3.63) is 125 Å². The predicted octanol–water partition coefficient (Wildman–Crippen LogP) is 6.80.